The van der Waals surface area contributed by atoms with E-state index in [-0.39, 0.29) is 23.7 Å². The Morgan fingerprint density at radius 3 is 3.03 bits per heavy atom. The maximum Gasteiger partial charge on any atom is 0.220 e. The Hall–Kier alpha value is -2.58. The van der Waals surface area contributed by atoms with Gasteiger partial charge in [0.15, 0.2) is 11.7 Å². The van der Waals surface area contributed by atoms with Crippen LogP contribution >= 0.6 is 11.3 Å². The molecule has 1 unspecified atom stereocenters. The zero-order valence-corrected chi connectivity index (χ0v) is 18.0. The molecule has 2 aromatic heterocycles. The van der Waals surface area contributed by atoms with Crippen molar-refractivity contribution in [1.82, 2.24) is 15.2 Å². The molecule has 1 aliphatic heterocycles. The second kappa shape index (κ2) is 10.2. The van der Waals surface area contributed by atoms with Gasteiger partial charge in [0.2, 0.25) is 5.91 Å². The molecule has 5 nitrogen and oxygen atoms in total. The molecule has 1 amide bonds. The summed E-state index contributed by atoms with van der Waals surface area (Å²) in [6, 6.07) is 7.52. The van der Waals surface area contributed by atoms with E-state index in [9.17, 15) is 13.6 Å². The van der Waals surface area contributed by atoms with Gasteiger partial charge in [0.05, 0.1) is 11.8 Å². The minimum absolute atomic E-state index is 0.0527. The van der Waals surface area contributed by atoms with Crippen LogP contribution in [0, 0.1) is 17.6 Å². The van der Waals surface area contributed by atoms with E-state index in [1.807, 2.05) is 0 Å². The van der Waals surface area contributed by atoms with Gasteiger partial charge in [-0.3, -0.25) is 9.69 Å². The van der Waals surface area contributed by atoms with E-state index in [0.717, 1.165) is 38.5 Å². The zero-order chi connectivity index (χ0) is 21.6. The smallest absolute Gasteiger partial charge is 0.220 e. The molecule has 3 heterocycles. The second-order valence-electron chi connectivity index (χ2n) is 7.87. The van der Waals surface area contributed by atoms with Gasteiger partial charge in [0.1, 0.15) is 11.6 Å². The van der Waals surface area contributed by atoms with Crippen LogP contribution in [0.25, 0.3) is 11.3 Å². The third-order valence-electron chi connectivity index (χ3n) is 5.47. The van der Waals surface area contributed by atoms with Crippen LogP contribution in [-0.4, -0.2) is 35.4 Å². The summed E-state index contributed by atoms with van der Waals surface area (Å²) in [5.41, 5.74) is 0.147. The number of halogens is 2. The van der Waals surface area contributed by atoms with E-state index in [2.05, 4.69) is 32.7 Å². The third-order valence-corrected chi connectivity index (χ3v) is 6.33. The number of benzene rings is 1. The lowest BCUT2D eigenvalue weighted by Crippen LogP contribution is -2.40. The van der Waals surface area contributed by atoms with Crippen molar-refractivity contribution in [1.29, 1.82) is 0 Å². The van der Waals surface area contributed by atoms with Crippen molar-refractivity contribution >= 4 is 17.2 Å². The molecule has 1 aromatic carbocycles. The Labute approximate surface area is 184 Å². The summed E-state index contributed by atoms with van der Waals surface area (Å²) in [5, 5.41) is 5.12. The lowest BCUT2D eigenvalue weighted by molar-refractivity contribution is -0.121. The van der Waals surface area contributed by atoms with Gasteiger partial charge in [-0.05, 0) is 48.9 Å². The van der Waals surface area contributed by atoms with Gasteiger partial charge in [-0.1, -0.05) is 6.07 Å². The molecule has 8 heteroatoms. The number of rotatable bonds is 8. The summed E-state index contributed by atoms with van der Waals surface area (Å²) in [7, 11) is 0. The minimum Gasteiger partial charge on any atom is -0.441 e. The molecule has 1 saturated heterocycles. The molecule has 1 atom stereocenters. The molecule has 1 aliphatic rings. The molecule has 3 aromatic rings. The monoisotopic (exact) mass is 445 g/mol. The van der Waals surface area contributed by atoms with Gasteiger partial charge < -0.3 is 9.73 Å². The van der Waals surface area contributed by atoms with E-state index in [0.29, 0.717) is 24.8 Å². The summed E-state index contributed by atoms with van der Waals surface area (Å²) in [4.78, 5) is 20.2. The van der Waals surface area contributed by atoms with Gasteiger partial charge in [-0.2, -0.15) is 0 Å². The predicted molar refractivity (Wildman–Crippen MR) is 116 cm³/mol. The first-order valence-electron chi connectivity index (χ1n) is 10.5. The van der Waals surface area contributed by atoms with Crippen LogP contribution in [-0.2, 0) is 17.8 Å². The number of thiophene rings is 1. The van der Waals surface area contributed by atoms with Crippen LogP contribution in [0.1, 0.15) is 30.0 Å². The number of amides is 1. The number of hydrogen-bond donors (Lipinski definition) is 1. The van der Waals surface area contributed by atoms with Crippen LogP contribution in [0.3, 0.4) is 0 Å². The molecule has 1 fully saturated rings. The number of carbonyl (C=O) groups excluding carboxylic acids is 1. The van der Waals surface area contributed by atoms with Crippen molar-refractivity contribution in [2.45, 2.75) is 32.2 Å². The minimum atomic E-state index is -0.707. The third kappa shape index (κ3) is 5.98. The van der Waals surface area contributed by atoms with Crippen molar-refractivity contribution in [3.8, 4) is 11.3 Å². The molecule has 0 spiro atoms. The standard InChI is InChI=1S/C23H25F2N3O2S/c24-17-5-6-19(20(25)11-17)21-13-27-23(30-21)8-7-22(29)26-12-16-3-1-9-28(14-16)15-18-4-2-10-31-18/h2,4-6,10-11,13,16H,1,3,7-9,12,14-15H2,(H,26,29). The van der Waals surface area contributed by atoms with E-state index >= 15 is 0 Å². The highest BCUT2D eigenvalue weighted by Gasteiger charge is 2.21. The number of likely N-dealkylation sites (tertiary alicyclic amines) is 1. The number of nitrogens with zero attached hydrogens (tertiary/aromatic N) is 2. The SMILES string of the molecule is O=C(CCc1ncc(-c2ccc(F)cc2F)o1)NCC1CCCN(Cc2cccs2)C1. The van der Waals surface area contributed by atoms with Gasteiger partial charge in [-0.15, -0.1) is 11.3 Å². The molecule has 0 saturated carbocycles. The highest BCUT2D eigenvalue weighted by Crippen LogP contribution is 2.24. The van der Waals surface area contributed by atoms with E-state index in [1.54, 1.807) is 11.3 Å². The Morgan fingerprint density at radius 2 is 2.23 bits per heavy atom. The van der Waals surface area contributed by atoms with Crippen molar-refractivity contribution in [2.24, 2.45) is 5.92 Å². The van der Waals surface area contributed by atoms with Crippen LogP contribution in [0.5, 0.6) is 0 Å². The fraction of sp³-hybridized carbons (Fsp3) is 0.391. The van der Waals surface area contributed by atoms with Gasteiger partial charge >= 0.3 is 0 Å². The van der Waals surface area contributed by atoms with Gasteiger partial charge in [-0.25, -0.2) is 13.8 Å². The van der Waals surface area contributed by atoms with E-state index in [4.69, 9.17) is 4.42 Å². The largest absolute Gasteiger partial charge is 0.441 e. The predicted octanol–water partition coefficient (Wildman–Crippen LogP) is 4.64. The Balaban J connectivity index is 1.21. The second-order valence-corrected chi connectivity index (χ2v) is 8.90. The van der Waals surface area contributed by atoms with E-state index < -0.39 is 11.6 Å². The topological polar surface area (TPSA) is 58.4 Å². The molecular weight excluding hydrogens is 420 g/mol. The molecule has 164 valence electrons. The highest BCUT2D eigenvalue weighted by molar-refractivity contribution is 7.09. The summed E-state index contributed by atoms with van der Waals surface area (Å²) in [5.74, 6) is -0.378. The van der Waals surface area contributed by atoms with Crippen LogP contribution in [0.4, 0.5) is 8.78 Å². The molecule has 31 heavy (non-hydrogen) atoms. The summed E-state index contributed by atoms with van der Waals surface area (Å²) < 4.78 is 32.5. The Morgan fingerprint density at radius 1 is 1.32 bits per heavy atom. The van der Waals surface area contributed by atoms with Crippen LogP contribution in [0.15, 0.2) is 46.3 Å². The van der Waals surface area contributed by atoms with Crippen LogP contribution < -0.4 is 5.32 Å². The lowest BCUT2D eigenvalue weighted by Gasteiger charge is -2.32. The number of hydrogen-bond acceptors (Lipinski definition) is 5. The van der Waals surface area contributed by atoms with Crippen molar-refractivity contribution < 1.29 is 18.0 Å². The Bertz CT molecular complexity index is 1010. The van der Waals surface area contributed by atoms with Crippen molar-refractivity contribution in [3.05, 3.63) is 64.3 Å². The summed E-state index contributed by atoms with van der Waals surface area (Å²) in [6.45, 7) is 3.73. The first kappa shape index (κ1) is 21.6. The van der Waals surface area contributed by atoms with Gasteiger partial charge in [0.25, 0.3) is 0 Å². The number of piperidine rings is 1. The number of nitrogens with one attached hydrogen (secondary N) is 1. The first-order valence-corrected chi connectivity index (χ1v) is 11.4. The first-order chi connectivity index (χ1) is 15.1. The zero-order valence-electron chi connectivity index (χ0n) is 17.2. The van der Waals surface area contributed by atoms with Crippen molar-refractivity contribution in [2.75, 3.05) is 19.6 Å². The summed E-state index contributed by atoms with van der Waals surface area (Å²) >= 11 is 1.78. The molecule has 0 aliphatic carbocycles. The normalized spacial score (nSPS) is 17.0. The average molecular weight is 446 g/mol. The number of aromatic nitrogens is 1. The van der Waals surface area contributed by atoms with E-state index in [1.165, 1.54) is 23.2 Å². The fourth-order valence-electron chi connectivity index (χ4n) is 3.89. The molecule has 0 radical (unpaired) electrons. The molecule has 1 N–H and O–H groups in total. The fourth-order valence-corrected chi connectivity index (χ4v) is 4.64. The van der Waals surface area contributed by atoms with Gasteiger partial charge in [0, 0.05) is 43.4 Å². The highest BCUT2D eigenvalue weighted by atomic mass is 32.1. The number of aryl methyl sites for hydroxylation is 1. The quantitative estimate of drug-likeness (QED) is 0.549. The maximum absolute atomic E-state index is 13.9. The summed E-state index contributed by atoms with van der Waals surface area (Å²) in [6.07, 6.45) is 4.23. The lowest BCUT2D eigenvalue weighted by atomic mass is 9.98. The number of carbonyl (C=O) groups is 1. The maximum atomic E-state index is 13.9. The van der Waals surface area contributed by atoms with Crippen molar-refractivity contribution in [3.63, 3.8) is 0 Å². The molecular formula is C23H25F2N3O2S. The average Bonchev–Trinajstić information content (AvgIpc) is 3.43. The molecule has 0 bridgehead atoms. The molecule has 4 rings (SSSR count). The number of oxazole rings is 1. The van der Waals surface area contributed by atoms with Crippen LogP contribution in [0.2, 0.25) is 0 Å². The Kier molecular flexibility index (Phi) is 7.09.